The summed E-state index contributed by atoms with van der Waals surface area (Å²) in [6.45, 7) is 8.55. The highest BCUT2D eigenvalue weighted by molar-refractivity contribution is 9.10. The van der Waals surface area contributed by atoms with Crippen LogP contribution in [-0.4, -0.2) is 56.2 Å². The van der Waals surface area contributed by atoms with Crippen LogP contribution in [0.2, 0.25) is 5.02 Å². The van der Waals surface area contributed by atoms with Crippen molar-refractivity contribution < 1.29 is 4.74 Å². The number of likely N-dealkylation sites (N-methyl/N-ethyl adjacent to an activating group) is 1. The highest BCUT2D eigenvalue weighted by atomic mass is 79.9. The third-order valence-electron chi connectivity index (χ3n) is 3.66. The molecule has 0 amide bonds. The third-order valence-corrected chi connectivity index (χ3v) is 4.46. The van der Waals surface area contributed by atoms with Gasteiger partial charge in [-0.15, -0.1) is 12.4 Å². The average Bonchev–Trinajstić information content (AvgIpc) is 2.39. The number of aryl methyl sites for hydroxylation is 1. The van der Waals surface area contributed by atoms with Crippen LogP contribution in [0.4, 0.5) is 0 Å². The Labute approximate surface area is 147 Å². The molecule has 3 nitrogen and oxygen atoms in total. The van der Waals surface area contributed by atoms with Crippen LogP contribution in [0.3, 0.4) is 0 Å². The summed E-state index contributed by atoms with van der Waals surface area (Å²) in [4.78, 5) is 4.88. The Balaban J connectivity index is 0.00000220. The Kier molecular flexibility index (Phi) is 8.35. The molecule has 0 aliphatic carbocycles. The molecular formula is C15H23BrCl2N2O. The second-order valence-electron chi connectivity index (χ2n) is 5.38. The monoisotopic (exact) mass is 396 g/mol. The van der Waals surface area contributed by atoms with Gasteiger partial charge < -0.3 is 14.5 Å². The van der Waals surface area contributed by atoms with Crippen LogP contribution >= 0.6 is 39.9 Å². The molecule has 1 aliphatic rings. The Morgan fingerprint density at radius 3 is 2.52 bits per heavy atom. The lowest BCUT2D eigenvalue weighted by Gasteiger charge is -2.32. The predicted molar refractivity (Wildman–Crippen MR) is 95.2 cm³/mol. The number of nitrogens with zero attached hydrogens (tertiary/aromatic N) is 2. The van der Waals surface area contributed by atoms with E-state index in [0.29, 0.717) is 0 Å². The molecule has 1 aromatic carbocycles. The highest BCUT2D eigenvalue weighted by Gasteiger charge is 2.13. The van der Waals surface area contributed by atoms with Gasteiger partial charge in [0.05, 0.1) is 11.1 Å². The van der Waals surface area contributed by atoms with Crippen LogP contribution in [0.1, 0.15) is 12.0 Å². The Morgan fingerprint density at radius 2 is 1.90 bits per heavy atom. The molecule has 2 rings (SSSR count). The van der Waals surface area contributed by atoms with E-state index >= 15 is 0 Å². The van der Waals surface area contributed by atoms with Gasteiger partial charge in [-0.3, -0.25) is 0 Å². The lowest BCUT2D eigenvalue weighted by atomic mass is 10.2. The van der Waals surface area contributed by atoms with Gasteiger partial charge in [-0.1, -0.05) is 11.6 Å². The first-order valence-corrected chi connectivity index (χ1v) is 8.22. The van der Waals surface area contributed by atoms with E-state index in [1.807, 2.05) is 19.1 Å². The average molecular weight is 398 g/mol. The van der Waals surface area contributed by atoms with Crippen LogP contribution in [-0.2, 0) is 0 Å². The molecule has 0 unspecified atom stereocenters. The predicted octanol–water partition coefficient (Wildman–Crippen LogP) is 3.85. The van der Waals surface area contributed by atoms with Crippen LogP contribution < -0.4 is 4.74 Å². The molecule has 1 aromatic rings. The van der Waals surface area contributed by atoms with Crippen LogP contribution in [0.25, 0.3) is 0 Å². The second-order valence-corrected chi connectivity index (χ2v) is 6.67. The van der Waals surface area contributed by atoms with Gasteiger partial charge in [-0.2, -0.15) is 0 Å². The van der Waals surface area contributed by atoms with E-state index in [0.717, 1.165) is 40.4 Å². The summed E-state index contributed by atoms with van der Waals surface area (Å²) in [5, 5.41) is 0.735. The zero-order chi connectivity index (χ0) is 14.5. The molecule has 1 heterocycles. The van der Waals surface area contributed by atoms with Crippen molar-refractivity contribution in [2.45, 2.75) is 13.3 Å². The summed E-state index contributed by atoms with van der Waals surface area (Å²) in [7, 11) is 2.18. The molecule has 0 aromatic heterocycles. The Hall–Kier alpha value is -0.0000000000000000555. The topological polar surface area (TPSA) is 15.7 Å². The molecule has 0 spiro atoms. The van der Waals surface area contributed by atoms with Gasteiger partial charge >= 0.3 is 0 Å². The van der Waals surface area contributed by atoms with Crippen molar-refractivity contribution in [3.8, 4) is 5.75 Å². The maximum absolute atomic E-state index is 6.00. The molecule has 0 saturated carbocycles. The smallest absolute Gasteiger partial charge is 0.136 e. The van der Waals surface area contributed by atoms with Gasteiger partial charge in [0.1, 0.15) is 5.75 Å². The Morgan fingerprint density at radius 1 is 1.24 bits per heavy atom. The molecule has 1 fully saturated rings. The maximum atomic E-state index is 6.00. The summed E-state index contributed by atoms with van der Waals surface area (Å²) >= 11 is 9.51. The summed E-state index contributed by atoms with van der Waals surface area (Å²) in [6.07, 6.45) is 1.05. The van der Waals surface area contributed by atoms with E-state index in [4.69, 9.17) is 16.3 Å². The lowest BCUT2D eigenvalue weighted by molar-refractivity contribution is 0.145. The summed E-state index contributed by atoms with van der Waals surface area (Å²) < 4.78 is 6.82. The fraction of sp³-hybridized carbons (Fsp3) is 0.600. The van der Waals surface area contributed by atoms with Gasteiger partial charge in [-0.25, -0.2) is 0 Å². The van der Waals surface area contributed by atoms with Gasteiger partial charge in [0.15, 0.2) is 0 Å². The van der Waals surface area contributed by atoms with E-state index < -0.39 is 0 Å². The summed E-state index contributed by atoms with van der Waals surface area (Å²) in [5.74, 6) is 0.910. The minimum Gasteiger partial charge on any atom is -0.492 e. The summed E-state index contributed by atoms with van der Waals surface area (Å²) in [5.41, 5.74) is 1.07. The van der Waals surface area contributed by atoms with Crippen molar-refractivity contribution >= 4 is 39.9 Å². The van der Waals surface area contributed by atoms with E-state index in [1.165, 1.54) is 26.2 Å². The molecule has 0 radical (unpaired) electrons. The molecule has 1 saturated heterocycles. The SMILES string of the molecule is Cc1cc(Cl)cc(Br)c1OCCCN1CCN(C)CC1.Cl. The van der Waals surface area contributed by atoms with E-state index in [9.17, 15) is 0 Å². The molecular weight excluding hydrogens is 375 g/mol. The van der Waals surface area contributed by atoms with Crippen LogP contribution in [0.15, 0.2) is 16.6 Å². The largest absolute Gasteiger partial charge is 0.492 e. The van der Waals surface area contributed by atoms with Crippen molar-refractivity contribution in [1.82, 2.24) is 9.80 Å². The normalized spacial score (nSPS) is 16.6. The summed E-state index contributed by atoms with van der Waals surface area (Å²) in [6, 6.07) is 3.81. The van der Waals surface area contributed by atoms with E-state index in [1.54, 1.807) is 0 Å². The zero-order valence-corrected chi connectivity index (χ0v) is 15.7. The van der Waals surface area contributed by atoms with Crippen molar-refractivity contribution in [2.75, 3.05) is 46.4 Å². The van der Waals surface area contributed by atoms with Crippen LogP contribution in [0.5, 0.6) is 5.75 Å². The van der Waals surface area contributed by atoms with E-state index in [2.05, 4.69) is 32.8 Å². The first-order chi connectivity index (χ1) is 9.56. The molecule has 6 heteroatoms. The fourth-order valence-electron chi connectivity index (χ4n) is 2.41. The zero-order valence-electron chi connectivity index (χ0n) is 12.6. The lowest BCUT2D eigenvalue weighted by Crippen LogP contribution is -2.44. The van der Waals surface area contributed by atoms with Gasteiger partial charge in [0.25, 0.3) is 0 Å². The highest BCUT2D eigenvalue weighted by Crippen LogP contribution is 2.32. The number of halogens is 3. The molecule has 0 N–H and O–H groups in total. The number of hydrogen-bond acceptors (Lipinski definition) is 3. The fourth-order valence-corrected chi connectivity index (χ4v) is 3.48. The molecule has 0 bridgehead atoms. The molecule has 1 aliphatic heterocycles. The standard InChI is InChI=1S/C15H22BrClN2O.ClH/c1-12-10-13(17)11-14(16)15(12)20-9-3-4-19-7-5-18(2)6-8-19;/h10-11H,3-9H2,1-2H3;1H. The number of rotatable bonds is 5. The van der Waals surface area contributed by atoms with E-state index in [-0.39, 0.29) is 12.4 Å². The number of benzene rings is 1. The first kappa shape index (κ1) is 19.0. The van der Waals surface area contributed by atoms with Crippen molar-refractivity contribution in [3.05, 3.63) is 27.2 Å². The van der Waals surface area contributed by atoms with Crippen molar-refractivity contribution in [1.29, 1.82) is 0 Å². The molecule has 21 heavy (non-hydrogen) atoms. The molecule has 0 atom stereocenters. The van der Waals surface area contributed by atoms with Gasteiger partial charge in [0.2, 0.25) is 0 Å². The minimum absolute atomic E-state index is 0. The Bertz CT molecular complexity index is 428. The third kappa shape index (κ3) is 5.95. The maximum Gasteiger partial charge on any atom is 0.136 e. The first-order valence-electron chi connectivity index (χ1n) is 7.05. The number of hydrogen-bond donors (Lipinski definition) is 0. The van der Waals surface area contributed by atoms with Gasteiger partial charge in [0, 0.05) is 37.7 Å². The van der Waals surface area contributed by atoms with Crippen molar-refractivity contribution in [2.24, 2.45) is 0 Å². The molecule has 120 valence electrons. The number of ether oxygens (including phenoxy) is 1. The number of piperazine rings is 1. The second kappa shape index (κ2) is 9.21. The van der Waals surface area contributed by atoms with Crippen molar-refractivity contribution in [3.63, 3.8) is 0 Å². The minimum atomic E-state index is 0. The van der Waals surface area contributed by atoms with Gasteiger partial charge in [-0.05, 0) is 54.0 Å². The quantitative estimate of drug-likeness (QED) is 0.701. The van der Waals surface area contributed by atoms with Crippen LogP contribution in [0, 0.1) is 6.92 Å².